The summed E-state index contributed by atoms with van der Waals surface area (Å²) in [5, 5.41) is 12.8. The van der Waals surface area contributed by atoms with E-state index in [1.807, 2.05) is 22.0 Å². The third-order valence-corrected chi connectivity index (χ3v) is 5.59. The quantitative estimate of drug-likeness (QED) is 0.448. The number of aromatic amines is 1. The number of aromatic nitrogens is 4. The highest BCUT2D eigenvalue weighted by Crippen LogP contribution is 2.36. The molecule has 0 aliphatic carbocycles. The summed E-state index contributed by atoms with van der Waals surface area (Å²) >= 11 is 0. The minimum absolute atomic E-state index is 0.0885. The molecule has 0 bridgehead atoms. The van der Waals surface area contributed by atoms with Gasteiger partial charge in [-0.3, -0.25) is 0 Å². The molecule has 8 nitrogen and oxygen atoms in total. The minimum atomic E-state index is -4.47. The molecule has 1 atom stereocenters. The summed E-state index contributed by atoms with van der Waals surface area (Å²) in [5.41, 5.74) is 2.83. The van der Waals surface area contributed by atoms with Crippen molar-refractivity contribution in [2.75, 3.05) is 19.6 Å². The Labute approximate surface area is 179 Å². The molecule has 1 aromatic carbocycles. The van der Waals surface area contributed by atoms with Gasteiger partial charge in [-0.2, -0.15) is 13.2 Å². The summed E-state index contributed by atoms with van der Waals surface area (Å²) in [4.78, 5) is 25.9. The van der Waals surface area contributed by atoms with Crippen LogP contribution >= 0.6 is 0 Å². The molecule has 11 heteroatoms. The molecule has 1 saturated heterocycles. The fourth-order valence-electron chi connectivity index (χ4n) is 4.22. The topological polar surface area (TPSA) is 99.1 Å². The molecule has 1 aliphatic rings. The fraction of sp³-hybridized carbons (Fsp3) is 0.286. The van der Waals surface area contributed by atoms with Crippen LogP contribution in [0.1, 0.15) is 12.5 Å². The number of amides is 2. The Bertz CT molecular complexity index is 1310. The van der Waals surface area contributed by atoms with Crippen LogP contribution in [-0.2, 0) is 0 Å². The van der Waals surface area contributed by atoms with Crippen LogP contribution in [0.4, 0.5) is 18.0 Å². The van der Waals surface area contributed by atoms with E-state index in [4.69, 9.17) is 4.98 Å². The number of hydrogen-bond acceptors (Lipinski definition) is 4. The van der Waals surface area contributed by atoms with Crippen LogP contribution < -0.4 is 5.32 Å². The van der Waals surface area contributed by atoms with Crippen molar-refractivity contribution in [1.82, 2.24) is 29.7 Å². The van der Waals surface area contributed by atoms with Gasteiger partial charge in [-0.15, -0.1) is 0 Å². The average Bonchev–Trinajstić information content (AvgIpc) is 3.47. The lowest BCUT2D eigenvalue weighted by atomic mass is 10.1. The SMILES string of the molecule is O=C(NCC(F)(F)F)N1CCC(n2c(-c3cccc(O)c3)nc3cnc4[nH]ccc4c32)C1. The van der Waals surface area contributed by atoms with Gasteiger partial charge in [-0.25, -0.2) is 14.8 Å². The average molecular weight is 444 g/mol. The number of H-pyrrole nitrogens is 1. The second-order valence-corrected chi connectivity index (χ2v) is 7.75. The highest BCUT2D eigenvalue weighted by molar-refractivity contribution is 6.02. The van der Waals surface area contributed by atoms with Gasteiger partial charge in [0.05, 0.1) is 17.8 Å². The number of carbonyl (C=O) groups is 1. The molecule has 0 saturated carbocycles. The van der Waals surface area contributed by atoms with E-state index in [0.29, 0.717) is 35.5 Å². The largest absolute Gasteiger partial charge is 0.508 e. The maximum absolute atomic E-state index is 12.5. The molecule has 0 radical (unpaired) electrons. The Balaban J connectivity index is 1.56. The molecular weight excluding hydrogens is 425 g/mol. The van der Waals surface area contributed by atoms with Crippen molar-refractivity contribution in [3.05, 3.63) is 42.7 Å². The number of urea groups is 1. The maximum Gasteiger partial charge on any atom is 0.405 e. The molecule has 3 aromatic heterocycles. The van der Waals surface area contributed by atoms with Crippen LogP contribution in [0, 0.1) is 0 Å². The zero-order valence-electron chi connectivity index (χ0n) is 16.7. The zero-order chi connectivity index (χ0) is 22.5. The third-order valence-electron chi connectivity index (χ3n) is 5.59. The number of hydrogen-bond donors (Lipinski definition) is 3. The molecule has 0 spiro atoms. The minimum Gasteiger partial charge on any atom is -0.508 e. The highest BCUT2D eigenvalue weighted by atomic mass is 19.4. The lowest BCUT2D eigenvalue weighted by molar-refractivity contribution is -0.123. The van der Waals surface area contributed by atoms with Gasteiger partial charge in [0.2, 0.25) is 0 Å². The predicted octanol–water partition coefficient (Wildman–Crippen LogP) is 3.80. The van der Waals surface area contributed by atoms with Crippen molar-refractivity contribution in [2.24, 2.45) is 0 Å². The number of imidazole rings is 1. The number of phenols is 1. The lowest BCUT2D eigenvalue weighted by Crippen LogP contribution is -2.42. The van der Waals surface area contributed by atoms with Gasteiger partial charge in [0.15, 0.2) is 0 Å². The standard InChI is InChI=1S/C21H19F3N6O2/c22-21(23,24)11-27-20(32)29-7-5-13(10-29)30-17-15-4-6-25-18(15)26-9-16(17)28-19(30)12-2-1-3-14(31)8-12/h1-4,6,8-9,13,31H,5,7,10-11H2,(H,25,26)(H,27,32). The van der Waals surface area contributed by atoms with Gasteiger partial charge in [0.1, 0.15) is 29.3 Å². The number of phenolic OH excluding ortho intramolecular Hbond substituents is 1. The van der Waals surface area contributed by atoms with Gasteiger partial charge in [0.25, 0.3) is 0 Å². The number of halogens is 3. The van der Waals surface area contributed by atoms with E-state index in [0.717, 1.165) is 10.9 Å². The summed E-state index contributed by atoms with van der Waals surface area (Å²) in [6, 6.07) is 7.62. The number of nitrogens with one attached hydrogen (secondary N) is 2. The molecule has 166 valence electrons. The van der Waals surface area contributed by atoms with Crippen LogP contribution in [0.2, 0.25) is 0 Å². The molecule has 1 aliphatic heterocycles. The Morgan fingerprint density at radius 2 is 2.16 bits per heavy atom. The van der Waals surface area contributed by atoms with Crippen LogP contribution in [0.5, 0.6) is 5.75 Å². The monoisotopic (exact) mass is 444 g/mol. The van der Waals surface area contributed by atoms with Gasteiger partial charge < -0.3 is 24.9 Å². The van der Waals surface area contributed by atoms with Gasteiger partial charge in [0, 0.05) is 30.2 Å². The molecule has 1 fully saturated rings. The highest BCUT2D eigenvalue weighted by Gasteiger charge is 2.33. The van der Waals surface area contributed by atoms with Crippen molar-refractivity contribution < 1.29 is 23.1 Å². The first-order valence-corrected chi connectivity index (χ1v) is 10.0. The Hall–Kier alpha value is -3.76. The third kappa shape index (κ3) is 3.59. The number of nitrogens with zero attached hydrogens (tertiary/aromatic N) is 4. The van der Waals surface area contributed by atoms with Crippen LogP contribution in [0.3, 0.4) is 0 Å². The molecule has 1 unspecified atom stereocenters. The van der Waals surface area contributed by atoms with E-state index in [1.54, 1.807) is 30.6 Å². The summed E-state index contributed by atoms with van der Waals surface area (Å²) < 4.78 is 39.5. The Morgan fingerprint density at radius 1 is 1.31 bits per heavy atom. The zero-order valence-corrected chi connectivity index (χ0v) is 16.7. The van der Waals surface area contributed by atoms with Gasteiger partial charge in [-0.1, -0.05) is 12.1 Å². The van der Waals surface area contributed by atoms with Crippen molar-refractivity contribution in [1.29, 1.82) is 0 Å². The number of carbonyl (C=O) groups excluding carboxylic acids is 1. The molecule has 2 amide bonds. The van der Waals surface area contributed by atoms with Gasteiger partial charge >= 0.3 is 12.2 Å². The van der Waals surface area contributed by atoms with Crippen LogP contribution in [0.25, 0.3) is 33.5 Å². The smallest absolute Gasteiger partial charge is 0.405 e. The Kier molecular flexibility index (Phi) is 4.68. The second kappa shape index (κ2) is 7.43. The number of likely N-dealkylation sites (tertiary alicyclic amines) is 1. The number of fused-ring (bicyclic) bond motifs is 3. The molecular formula is C21H19F3N6O2. The summed E-state index contributed by atoms with van der Waals surface area (Å²) in [7, 11) is 0. The molecule has 4 aromatic rings. The normalized spacial score (nSPS) is 16.8. The first-order valence-electron chi connectivity index (χ1n) is 10.0. The fourth-order valence-corrected chi connectivity index (χ4v) is 4.22. The molecule has 5 rings (SSSR count). The van der Waals surface area contributed by atoms with Gasteiger partial charge in [-0.05, 0) is 24.6 Å². The van der Waals surface area contributed by atoms with E-state index in [1.165, 1.54) is 4.90 Å². The molecule has 3 N–H and O–H groups in total. The second-order valence-electron chi connectivity index (χ2n) is 7.75. The van der Waals surface area contributed by atoms with Crippen molar-refractivity contribution in [3.8, 4) is 17.1 Å². The summed E-state index contributed by atoms with van der Waals surface area (Å²) in [6.45, 7) is -0.824. The van der Waals surface area contributed by atoms with E-state index in [9.17, 15) is 23.1 Å². The summed E-state index contributed by atoms with van der Waals surface area (Å²) in [6.07, 6.45) is -0.497. The van der Waals surface area contributed by atoms with Crippen molar-refractivity contribution in [3.63, 3.8) is 0 Å². The molecule has 32 heavy (non-hydrogen) atoms. The van der Waals surface area contributed by atoms with Crippen LogP contribution in [0.15, 0.2) is 42.7 Å². The number of pyridine rings is 1. The first kappa shape index (κ1) is 20.2. The van der Waals surface area contributed by atoms with E-state index in [-0.39, 0.29) is 18.3 Å². The predicted molar refractivity (Wildman–Crippen MR) is 111 cm³/mol. The van der Waals surface area contributed by atoms with Crippen molar-refractivity contribution in [2.45, 2.75) is 18.6 Å². The number of aromatic hydroxyl groups is 1. The number of alkyl halides is 3. The molecule has 4 heterocycles. The Morgan fingerprint density at radius 3 is 2.94 bits per heavy atom. The summed E-state index contributed by atoms with van der Waals surface area (Å²) in [5.74, 6) is 0.680. The van der Waals surface area contributed by atoms with E-state index >= 15 is 0 Å². The first-order chi connectivity index (χ1) is 15.3. The lowest BCUT2D eigenvalue weighted by Gasteiger charge is -2.20. The number of rotatable bonds is 3. The number of benzene rings is 1. The van der Waals surface area contributed by atoms with Crippen LogP contribution in [-0.4, -0.2) is 61.4 Å². The maximum atomic E-state index is 12.5. The van der Waals surface area contributed by atoms with Crippen molar-refractivity contribution >= 4 is 28.1 Å². The van der Waals surface area contributed by atoms with E-state index in [2.05, 4.69) is 9.97 Å². The van der Waals surface area contributed by atoms with E-state index < -0.39 is 18.8 Å².